The van der Waals surface area contributed by atoms with Crippen LogP contribution in [0.2, 0.25) is 0 Å². The number of aryl methyl sites for hydroxylation is 2. The molecule has 0 bridgehead atoms. The summed E-state index contributed by atoms with van der Waals surface area (Å²) in [5, 5.41) is 9.00. The van der Waals surface area contributed by atoms with Crippen molar-refractivity contribution in [1.82, 2.24) is 10.2 Å². The standard InChI is InChI=1S/C22H19F4N3O3/c1-32-21(31)20-14(12-27-29-20)6-5-13-3-2-4-17(9-13)28-19(30)11-15-10-16(22(24,25)26)7-8-18(15)23/h2-4,7-10,12H,5-6,11H2,1H3,(H,27,29)(H,28,30). The van der Waals surface area contributed by atoms with Crippen molar-refractivity contribution in [3.05, 3.63) is 82.4 Å². The molecule has 0 aliphatic heterocycles. The molecule has 0 fully saturated rings. The lowest BCUT2D eigenvalue weighted by Gasteiger charge is -2.11. The van der Waals surface area contributed by atoms with Crippen LogP contribution in [0.4, 0.5) is 23.2 Å². The van der Waals surface area contributed by atoms with Gasteiger partial charge < -0.3 is 10.1 Å². The number of carbonyl (C=O) groups is 2. The first kappa shape index (κ1) is 23.0. The van der Waals surface area contributed by atoms with E-state index >= 15 is 0 Å². The van der Waals surface area contributed by atoms with Crippen molar-refractivity contribution in [2.75, 3.05) is 12.4 Å². The van der Waals surface area contributed by atoms with E-state index < -0.39 is 35.9 Å². The van der Waals surface area contributed by atoms with Crippen LogP contribution in [0, 0.1) is 5.82 Å². The highest BCUT2D eigenvalue weighted by Gasteiger charge is 2.31. The smallest absolute Gasteiger partial charge is 0.416 e. The maximum Gasteiger partial charge on any atom is 0.416 e. The summed E-state index contributed by atoms with van der Waals surface area (Å²) in [6, 6.07) is 8.79. The molecule has 6 nitrogen and oxygen atoms in total. The highest BCUT2D eigenvalue weighted by molar-refractivity contribution is 5.92. The van der Waals surface area contributed by atoms with E-state index in [2.05, 4.69) is 20.3 Å². The normalized spacial score (nSPS) is 11.3. The van der Waals surface area contributed by atoms with Gasteiger partial charge in [-0.25, -0.2) is 9.18 Å². The molecule has 0 spiro atoms. The third kappa shape index (κ3) is 5.71. The van der Waals surface area contributed by atoms with E-state index in [0.717, 1.165) is 5.56 Å². The van der Waals surface area contributed by atoms with Crippen LogP contribution in [0.5, 0.6) is 0 Å². The number of H-pyrrole nitrogens is 1. The maximum atomic E-state index is 13.9. The number of hydrogen-bond acceptors (Lipinski definition) is 4. The molecule has 0 saturated heterocycles. The first-order valence-corrected chi connectivity index (χ1v) is 9.52. The number of esters is 1. The number of hydrogen-bond donors (Lipinski definition) is 2. The average Bonchev–Trinajstić information content (AvgIpc) is 3.21. The van der Waals surface area contributed by atoms with Crippen molar-refractivity contribution < 1.29 is 31.9 Å². The highest BCUT2D eigenvalue weighted by Crippen LogP contribution is 2.30. The number of amides is 1. The largest absolute Gasteiger partial charge is 0.464 e. The van der Waals surface area contributed by atoms with Gasteiger partial charge in [-0.15, -0.1) is 0 Å². The van der Waals surface area contributed by atoms with Crippen molar-refractivity contribution >= 4 is 17.6 Å². The molecule has 0 unspecified atom stereocenters. The second-order valence-corrected chi connectivity index (χ2v) is 6.99. The third-order valence-corrected chi connectivity index (χ3v) is 4.73. The summed E-state index contributed by atoms with van der Waals surface area (Å²) in [4.78, 5) is 24.0. The fourth-order valence-electron chi connectivity index (χ4n) is 3.13. The zero-order valence-electron chi connectivity index (χ0n) is 16.9. The zero-order valence-corrected chi connectivity index (χ0v) is 16.9. The molecule has 10 heteroatoms. The molecule has 1 aromatic heterocycles. The first-order valence-electron chi connectivity index (χ1n) is 9.52. The van der Waals surface area contributed by atoms with Crippen LogP contribution < -0.4 is 5.32 Å². The number of methoxy groups -OCH3 is 1. The number of alkyl halides is 3. The summed E-state index contributed by atoms with van der Waals surface area (Å²) in [6.07, 6.45) is -2.64. The molecule has 3 aromatic rings. The minimum Gasteiger partial charge on any atom is -0.464 e. The summed E-state index contributed by atoms with van der Waals surface area (Å²) in [5.41, 5.74) is 0.828. The van der Waals surface area contributed by atoms with E-state index in [1.807, 2.05) is 6.07 Å². The van der Waals surface area contributed by atoms with Crippen molar-refractivity contribution in [1.29, 1.82) is 0 Å². The number of nitrogens with one attached hydrogen (secondary N) is 2. The van der Waals surface area contributed by atoms with Crippen LogP contribution in [0.15, 0.2) is 48.7 Å². The fraction of sp³-hybridized carbons (Fsp3) is 0.227. The molecule has 0 aliphatic rings. The number of ether oxygens (including phenoxy) is 1. The van der Waals surface area contributed by atoms with Gasteiger partial charge in [-0.3, -0.25) is 9.89 Å². The Morgan fingerprint density at radius 1 is 1.09 bits per heavy atom. The number of nitrogens with zero attached hydrogens (tertiary/aromatic N) is 1. The number of aromatic nitrogens is 2. The summed E-state index contributed by atoms with van der Waals surface area (Å²) in [6.45, 7) is 0. The Morgan fingerprint density at radius 2 is 1.88 bits per heavy atom. The van der Waals surface area contributed by atoms with E-state index in [0.29, 0.717) is 42.3 Å². The maximum absolute atomic E-state index is 13.9. The van der Waals surface area contributed by atoms with Crippen LogP contribution >= 0.6 is 0 Å². The third-order valence-electron chi connectivity index (χ3n) is 4.73. The molecule has 0 atom stereocenters. The molecule has 1 amide bonds. The Morgan fingerprint density at radius 3 is 2.59 bits per heavy atom. The van der Waals surface area contributed by atoms with Gasteiger partial charge in [-0.1, -0.05) is 12.1 Å². The molecule has 2 N–H and O–H groups in total. The van der Waals surface area contributed by atoms with Crippen LogP contribution in [0.1, 0.15) is 32.7 Å². The van der Waals surface area contributed by atoms with Gasteiger partial charge >= 0.3 is 12.1 Å². The van der Waals surface area contributed by atoms with E-state index in [1.165, 1.54) is 13.3 Å². The van der Waals surface area contributed by atoms with Gasteiger partial charge in [-0.2, -0.15) is 18.3 Å². The SMILES string of the molecule is COC(=O)c1[nH]ncc1CCc1cccc(NC(=O)Cc2cc(C(F)(F)F)ccc2F)c1. The Labute approximate surface area is 180 Å². The number of rotatable bonds is 7. The Bertz CT molecular complexity index is 1130. The van der Waals surface area contributed by atoms with Gasteiger partial charge in [0.05, 0.1) is 25.3 Å². The topological polar surface area (TPSA) is 84.1 Å². The van der Waals surface area contributed by atoms with Gasteiger partial charge in [0, 0.05) is 11.3 Å². The number of carbonyl (C=O) groups excluding carboxylic acids is 2. The molecular weight excluding hydrogens is 430 g/mol. The second-order valence-electron chi connectivity index (χ2n) is 6.99. The Hall–Kier alpha value is -3.69. The van der Waals surface area contributed by atoms with Crippen molar-refractivity contribution in [2.24, 2.45) is 0 Å². The summed E-state index contributed by atoms with van der Waals surface area (Å²) >= 11 is 0. The molecule has 0 saturated carbocycles. The summed E-state index contributed by atoms with van der Waals surface area (Å²) in [5.74, 6) is -2.06. The van der Waals surface area contributed by atoms with Gasteiger partial charge in [0.15, 0.2) is 0 Å². The van der Waals surface area contributed by atoms with E-state index in [4.69, 9.17) is 0 Å². The first-order chi connectivity index (χ1) is 15.2. The second kappa shape index (κ2) is 9.63. The lowest BCUT2D eigenvalue weighted by atomic mass is 10.0. The van der Waals surface area contributed by atoms with Gasteiger partial charge in [0.2, 0.25) is 5.91 Å². The van der Waals surface area contributed by atoms with Gasteiger partial charge in [0.25, 0.3) is 0 Å². The average molecular weight is 449 g/mol. The van der Waals surface area contributed by atoms with E-state index in [9.17, 15) is 27.2 Å². The van der Waals surface area contributed by atoms with Crippen molar-refractivity contribution in [3.8, 4) is 0 Å². The van der Waals surface area contributed by atoms with Crippen LogP contribution in [0.25, 0.3) is 0 Å². The van der Waals surface area contributed by atoms with Crippen molar-refractivity contribution in [3.63, 3.8) is 0 Å². The van der Waals surface area contributed by atoms with Crippen LogP contribution in [0.3, 0.4) is 0 Å². The number of halogens is 4. The minimum atomic E-state index is -4.63. The molecule has 32 heavy (non-hydrogen) atoms. The van der Waals surface area contributed by atoms with Crippen LogP contribution in [-0.2, 0) is 35.0 Å². The van der Waals surface area contributed by atoms with E-state index in [1.54, 1.807) is 18.2 Å². The number of benzene rings is 2. The summed E-state index contributed by atoms with van der Waals surface area (Å²) < 4.78 is 57.1. The molecule has 0 radical (unpaired) electrons. The van der Waals surface area contributed by atoms with Crippen LogP contribution in [-0.4, -0.2) is 29.2 Å². The predicted molar refractivity (Wildman–Crippen MR) is 108 cm³/mol. The Kier molecular flexibility index (Phi) is 6.92. The molecule has 1 heterocycles. The fourth-order valence-corrected chi connectivity index (χ4v) is 3.13. The minimum absolute atomic E-state index is 0.264. The highest BCUT2D eigenvalue weighted by atomic mass is 19.4. The zero-order chi connectivity index (χ0) is 23.3. The molecule has 2 aromatic carbocycles. The molecular formula is C22H19F4N3O3. The van der Waals surface area contributed by atoms with Gasteiger partial charge in [0.1, 0.15) is 11.5 Å². The quantitative estimate of drug-likeness (QED) is 0.416. The lowest BCUT2D eigenvalue weighted by Crippen LogP contribution is -2.16. The predicted octanol–water partition coefficient (Wildman–Crippen LogP) is 4.32. The monoisotopic (exact) mass is 449 g/mol. The summed E-state index contributed by atoms with van der Waals surface area (Å²) in [7, 11) is 1.27. The van der Waals surface area contributed by atoms with E-state index in [-0.39, 0.29) is 11.3 Å². The molecule has 3 rings (SSSR count). The molecule has 0 aliphatic carbocycles. The Balaban J connectivity index is 1.64. The van der Waals surface area contributed by atoms with Gasteiger partial charge in [-0.05, 0) is 54.3 Å². The molecule has 168 valence electrons. The number of aromatic amines is 1. The lowest BCUT2D eigenvalue weighted by molar-refractivity contribution is -0.137. The number of anilines is 1. The van der Waals surface area contributed by atoms with Crippen molar-refractivity contribution in [2.45, 2.75) is 25.4 Å².